The highest BCUT2D eigenvalue weighted by molar-refractivity contribution is 7.88. The van der Waals surface area contributed by atoms with Gasteiger partial charge < -0.3 is 25.8 Å². The molecule has 2 aromatic carbocycles. The third-order valence-corrected chi connectivity index (χ3v) is 12.8. The van der Waals surface area contributed by atoms with Gasteiger partial charge in [-0.3, -0.25) is 9.63 Å². The number of hydrogen-bond acceptors (Lipinski definition) is 9. The summed E-state index contributed by atoms with van der Waals surface area (Å²) in [6, 6.07) is 11.2. The molecular formula is C36H55N5O6S. The van der Waals surface area contributed by atoms with Crippen LogP contribution in [0.3, 0.4) is 0 Å². The number of nitrogens with two attached hydrogens (primary N) is 1. The molecule has 1 aliphatic heterocycles. The Kier molecular flexibility index (Phi) is 10.6. The van der Waals surface area contributed by atoms with E-state index >= 15 is 0 Å². The van der Waals surface area contributed by atoms with Gasteiger partial charge in [0.25, 0.3) is 0 Å². The van der Waals surface area contributed by atoms with Gasteiger partial charge in [-0.1, -0.05) is 39.0 Å². The number of carbonyl (C=O) groups excluding carboxylic acids is 1. The number of hydroxylamine groups is 2. The molecule has 8 atom stereocenters. The Morgan fingerprint density at radius 1 is 1.21 bits per heavy atom. The monoisotopic (exact) mass is 685 g/mol. The number of aliphatic hydroxyl groups excluding tert-OH is 1. The van der Waals surface area contributed by atoms with Gasteiger partial charge in [-0.25, -0.2) is 12.7 Å². The predicted octanol–water partition coefficient (Wildman–Crippen LogP) is 3.45. The second-order valence-corrected chi connectivity index (χ2v) is 17.2. The SMILES string of the molecule is COc1c(CN2O[C@@H](CN)[C@H]([C@H](C)O)[C@H]2C(=O)N[C@H]2C[C@H]3C[C@@H]([C@@H]2C)C3(C)C)cccc1-c1cc(CN(C)S(C)(=O)=O)cc(N(C)C)c1. The normalized spacial score (nSPS) is 29.0. The fourth-order valence-corrected chi connectivity index (χ4v) is 8.81. The molecule has 2 aromatic rings. The molecule has 1 saturated heterocycles. The first-order valence-corrected chi connectivity index (χ1v) is 18.8. The summed E-state index contributed by atoms with van der Waals surface area (Å²) in [5.41, 5.74) is 10.7. The summed E-state index contributed by atoms with van der Waals surface area (Å²) >= 11 is 0. The minimum Gasteiger partial charge on any atom is -0.496 e. The summed E-state index contributed by atoms with van der Waals surface area (Å²) in [7, 11) is 3.69. The number of nitrogens with one attached hydrogen (secondary N) is 1. The highest BCUT2D eigenvalue weighted by Crippen LogP contribution is 2.61. The van der Waals surface area contributed by atoms with Crippen molar-refractivity contribution in [3.05, 3.63) is 47.5 Å². The number of rotatable bonds is 12. The fourth-order valence-electron chi connectivity index (χ4n) is 8.43. The smallest absolute Gasteiger partial charge is 0.240 e. The van der Waals surface area contributed by atoms with Crippen LogP contribution in [-0.2, 0) is 32.7 Å². The lowest BCUT2D eigenvalue weighted by Crippen LogP contribution is -2.62. The van der Waals surface area contributed by atoms with Crippen molar-refractivity contribution < 1.29 is 27.9 Å². The maximum Gasteiger partial charge on any atom is 0.240 e. The van der Waals surface area contributed by atoms with Crippen LogP contribution in [0.25, 0.3) is 11.1 Å². The van der Waals surface area contributed by atoms with Gasteiger partial charge in [-0.05, 0) is 72.3 Å². The minimum absolute atomic E-state index is 0.0699. The number of carbonyl (C=O) groups is 1. The van der Waals surface area contributed by atoms with Gasteiger partial charge in [0.1, 0.15) is 11.8 Å². The van der Waals surface area contributed by atoms with Gasteiger partial charge >= 0.3 is 0 Å². The van der Waals surface area contributed by atoms with Crippen molar-refractivity contribution in [2.45, 2.75) is 77.9 Å². The van der Waals surface area contributed by atoms with Crippen molar-refractivity contribution in [3.63, 3.8) is 0 Å². The van der Waals surface area contributed by atoms with Crippen LogP contribution in [0.4, 0.5) is 5.69 Å². The molecule has 3 aliphatic carbocycles. The molecule has 2 bridgehead atoms. The Morgan fingerprint density at radius 2 is 1.92 bits per heavy atom. The number of benzene rings is 2. The molecule has 1 amide bonds. The molecule has 4 aliphatic rings. The lowest BCUT2D eigenvalue weighted by molar-refractivity contribution is -0.175. The lowest BCUT2D eigenvalue weighted by atomic mass is 9.45. The van der Waals surface area contributed by atoms with Crippen LogP contribution in [-0.4, -0.2) is 94.1 Å². The predicted molar refractivity (Wildman–Crippen MR) is 189 cm³/mol. The number of para-hydroxylation sites is 1. The van der Waals surface area contributed by atoms with Crippen LogP contribution >= 0.6 is 0 Å². The van der Waals surface area contributed by atoms with Gasteiger partial charge in [-0.2, -0.15) is 5.06 Å². The van der Waals surface area contributed by atoms with Crippen molar-refractivity contribution in [2.75, 3.05) is 46.0 Å². The zero-order chi connectivity index (χ0) is 35.3. The molecule has 0 radical (unpaired) electrons. The third-order valence-electron chi connectivity index (χ3n) is 11.5. The van der Waals surface area contributed by atoms with E-state index in [1.807, 2.05) is 55.4 Å². The van der Waals surface area contributed by atoms with E-state index in [1.54, 1.807) is 26.1 Å². The van der Waals surface area contributed by atoms with Crippen molar-refractivity contribution in [1.82, 2.24) is 14.7 Å². The number of amides is 1. The summed E-state index contributed by atoms with van der Waals surface area (Å²) in [5.74, 6) is 1.48. The Labute approximate surface area is 286 Å². The zero-order valence-electron chi connectivity index (χ0n) is 29.9. The van der Waals surface area contributed by atoms with E-state index in [4.69, 9.17) is 15.3 Å². The minimum atomic E-state index is -3.38. The van der Waals surface area contributed by atoms with E-state index in [9.17, 15) is 18.3 Å². The van der Waals surface area contributed by atoms with Gasteiger partial charge in [-0.15, -0.1) is 0 Å². The molecule has 266 valence electrons. The molecule has 48 heavy (non-hydrogen) atoms. The second kappa shape index (κ2) is 13.9. The van der Waals surface area contributed by atoms with Gasteiger partial charge in [0.05, 0.1) is 32.1 Å². The number of fused-ring (bicyclic) bond motifs is 2. The molecule has 4 fully saturated rings. The van der Waals surface area contributed by atoms with Crippen LogP contribution in [0, 0.1) is 29.1 Å². The van der Waals surface area contributed by atoms with Crippen LogP contribution in [0.1, 0.15) is 51.7 Å². The number of sulfonamides is 1. The standard InChI is InChI=1S/C36H55N5O6S/c1-21-29-16-26(36(29,3)4)17-30(21)38-35(43)33-32(22(2)42)31(18-37)47-41(33)20-24-11-10-12-28(34(24)46-8)25-13-23(14-27(15-25)39(5)6)19-40(7)48(9,44)45/h10-15,21-22,26,29-33,42H,16-20,37H2,1-9H3,(H,38,43)/t21-,22-,26+,29-,30-,31-,32-,33-/m0/s1. The van der Waals surface area contributed by atoms with E-state index < -0.39 is 34.2 Å². The van der Waals surface area contributed by atoms with Crippen LogP contribution in [0.5, 0.6) is 5.75 Å². The van der Waals surface area contributed by atoms with Crippen LogP contribution in [0.15, 0.2) is 36.4 Å². The molecule has 4 N–H and O–H groups in total. The average Bonchev–Trinajstić information content (AvgIpc) is 3.39. The third kappa shape index (κ3) is 6.97. The summed E-state index contributed by atoms with van der Waals surface area (Å²) in [4.78, 5) is 22.5. The van der Waals surface area contributed by atoms with Crippen molar-refractivity contribution in [1.29, 1.82) is 0 Å². The van der Waals surface area contributed by atoms with Gasteiger partial charge in [0, 0.05) is 63.0 Å². The van der Waals surface area contributed by atoms with Crippen molar-refractivity contribution >= 4 is 21.6 Å². The lowest BCUT2D eigenvalue weighted by Gasteiger charge is -2.62. The number of anilines is 1. The largest absolute Gasteiger partial charge is 0.496 e. The first-order valence-electron chi connectivity index (χ1n) is 17.0. The van der Waals surface area contributed by atoms with E-state index in [0.29, 0.717) is 28.9 Å². The first-order chi connectivity index (χ1) is 22.5. The Morgan fingerprint density at radius 3 is 2.48 bits per heavy atom. The number of methoxy groups -OCH3 is 1. The summed E-state index contributed by atoms with van der Waals surface area (Å²) in [6.45, 7) is 9.23. The quantitative estimate of drug-likeness (QED) is 0.307. The average molecular weight is 686 g/mol. The summed E-state index contributed by atoms with van der Waals surface area (Å²) in [6.07, 6.45) is 2.01. The Hall–Kier alpha value is -2.74. The Bertz CT molecular complexity index is 1600. The molecule has 11 nitrogen and oxygen atoms in total. The van der Waals surface area contributed by atoms with Gasteiger partial charge in [0.2, 0.25) is 15.9 Å². The first kappa shape index (κ1) is 36.5. The molecular weight excluding hydrogens is 630 g/mol. The number of ether oxygens (including phenoxy) is 1. The second-order valence-electron chi connectivity index (χ2n) is 15.1. The zero-order valence-corrected chi connectivity index (χ0v) is 30.8. The van der Waals surface area contributed by atoms with E-state index in [-0.39, 0.29) is 31.6 Å². The highest BCUT2D eigenvalue weighted by Gasteiger charge is 2.57. The topological polar surface area (TPSA) is 138 Å². The van der Waals surface area contributed by atoms with Crippen molar-refractivity contribution in [3.8, 4) is 16.9 Å². The number of nitrogens with zero attached hydrogens (tertiary/aromatic N) is 3. The summed E-state index contributed by atoms with van der Waals surface area (Å²) < 4.78 is 31.8. The molecule has 1 heterocycles. The maximum absolute atomic E-state index is 14.2. The van der Waals surface area contributed by atoms with E-state index in [0.717, 1.165) is 34.4 Å². The summed E-state index contributed by atoms with van der Waals surface area (Å²) in [5, 5.41) is 16.0. The van der Waals surface area contributed by atoms with Gasteiger partial charge in [0.15, 0.2) is 0 Å². The molecule has 12 heteroatoms. The van der Waals surface area contributed by atoms with Crippen LogP contribution < -0.4 is 20.7 Å². The number of hydrogen-bond donors (Lipinski definition) is 3. The molecule has 0 spiro atoms. The fraction of sp³-hybridized carbons (Fsp3) is 0.639. The number of aliphatic hydroxyl groups is 1. The van der Waals surface area contributed by atoms with Crippen molar-refractivity contribution in [2.24, 2.45) is 34.8 Å². The molecule has 3 saturated carbocycles. The van der Waals surface area contributed by atoms with Crippen LogP contribution in [0.2, 0.25) is 0 Å². The molecule has 0 unspecified atom stereocenters. The maximum atomic E-state index is 14.2. The van der Waals surface area contributed by atoms with E-state index in [2.05, 4.69) is 26.1 Å². The Balaban J connectivity index is 1.46. The molecule has 6 rings (SSSR count). The molecule has 0 aromatic heterocycles. The van der Waals surface area contributed by atoms with E-state index in [1.165, 1.54) is 17.0 Å². The highest BCUT2D eigenvalue weighted by atomic mass is 32.2.